The Morgan fingerprint density at radius 3 is 2.32 bits per heavy atom. The molecule has 0 bridgehead atoms. The largest absolute Gasteiger partial charge is 0.423 e. The molecule has 4 rings (SSSR count). The Morgan fingerprint density at radius 2 is 1.64 bits per heavy atom. The number of piperazine rings is 1. The molecule has 0 aliphatic carbocycles. The van der Waals surface area contributed by atoms with Crippen molar-refractivity contribution in [3.63, 3.8) is 0 Å². The van der Waals surface area contributed by atoms with Crippen LogP contribution in [0.5, 0.6) is 0 Å². The standard InChI is InChI=1S/C24H26N2O2/c1-3-19-5-7-20(8-6-19)16-25-10-12-26(13-11-25)17-21-15-24(27)28-23-14-18(2)4-9-22(21)23/h3-9,14-15H,1,10-13,16-17H2,2H3. The Labute approximate surface area is 165 Å². The predicted octanol–water partition coefficient (Wildman–Crippen LogP) is 4.06. The molecule has 3 aromatic rings. The first-order valence-electron chi connectivity index (χ1n) is 9.80. The van der Waals surface area contributed by atoms with E-state index in [4.69, 9.17) is 4.42 Å². The summed E-state index contributed by atoms with van der Waals surface area (Å²) in [4.78, 5) is 16.9. The lowest BCUT2D eigenvalue weighted by molar-refractivity contribution is 0.122. The van der Waals surface area contributed by atoms with Gasteiger partial charge in [0.25, 0.3) is 0 Å². The molecule has 0 atom stereocenters. The van der Waals surface area contributed by atoms with Crippen molar-refractivity contribution in [2.24, 2.45) is 0 Å². The van der Waals surface area contributed by atoms with E-state index in [1.54, 1.807) is 6.07 Å². The zero-order valence-corrected chi connectivity index (χ0v) is 16.4. The molecule has 0 N–H and O–H groups in total. The molecular formula is C24H26N2O2. The first kappa shape index (κ1) is 18.7. The average Bonchev–Trinajstić information content (AvgIpc) is 2.69. The van der Waals surface area contributed by atoms with Crippen LogP contribution in [0, 0.1) is 6.92 Å². The lowest BCUT2D eigenvalue weighted by Gasteiger charge is -2.34. The quantitative estimate of drug-likeness (QED) is 0.631. The van der Waals surface area contributed by atoms with Gasteiger partial charge in [-0.15, -0.1) is 0 Å². The molecule has 0 unspecified atom stereocenters. The Kier molecular flexibility index (Phi) is 5.42. The molecule has 2 heterocycles. The Bertz CT molecular complexity index is 1030. The second kappa shape index (κ2) is 8.13. The number of fused-ring (bicyclic) bond motifs is 1. The highest BCUT2D eigenvalue weighted by Gasteiger charge is 2.18. The van der Waals surface area contributed by atoms with Gasteiger partial charge in [0.15, 0.2) is 0 Å². The first-order valence-corrected chi connectivity index (χ1v) is 9.80. The minimum absolute atomic E-state index is 0.269. The van der Waals surface area contributed by atoms with Crippen LogP contribution in [0.3, 0.4) is 0 Å². The fraction of sp³-hybridized carbons (Fsp3) is 0.292. The molecule has 4 nitrogen and oxygen atoms in total. The van der Waals surface area contributed by atoms with Gasteiger partial charge in [-0.25, -0.2) is 4.79 Å². The van der Waals surface area contributed by atoms with E-state index >= 15 is 0 Å². The summed E-state index contributed by atoms with van der Waals surface area (Å²) in [6, 6.07) is 16.3. The van der Waals surface area contributed by atoms with Crippen molar-refractivity contribution in [3.8, 4) is 0 Å². The third-order valence-corrected chi connectivity index (χ3v) is 5.47. The molecule has 0 amide bonds. The second-order valence-corrected chi connectivity index (χ2v) is 7.59. The van der Waals surface area contributed by atoms with E-state index in [-0.39, 0.29) is 5.63 Å². The molecule has 144 valence electrons. The van der Waals surface area contributed by atoms with E-state index < -0.39 is 0 Å². The molecule has 0 saturated carbocycles. The van der Waals surface area contributed by atoms with E-state index in [2.05, 4.69) is 52.8 Å². The van der Waals surface area contributed by atoms with Gasteiger partial charge >= 0.3 is 5.63 Å². The van der Waals surface area contributed by atoms with Crippen molar-refractivity contribution in [1.82, 2.24) is 9.80 Å². The summed E-state index contributed by atoms with van der Waals surface area (Å²) in [7, 11) is 0. The minimum atomic E-state index is -0.269. The summed E-state index contributed by atoms with van der Waals surface area (Å²) in [6.45, 7) is 11.6. The van der Waals surface area contributed by atoms with Crippen LogP contribution in [-0.4, -0.2) is 36.0 Å². The fourth-order valence-corrected chi connectivity index (χ4v) is 3.83. The number of rotatable bonds is 5. The highest BCUT2D eigenvalue weighted by Crippen LogP contribution is 2.21. The van der Waals surface area contributed by atoms with Gasteiger partial charge in [0, 0.05) is 50.7 Å². The maximum Gasteiger partial charge on any atom is 0.336 e. The average molecular weight is 374 g/mol. The summed E-state index contributed by atoms with van der Waals surface area (Å²) in [5, 5.41) is 1.04. The van der Waals surface area contributed by atoms with Crippen LogP contribution >= 0.6 is 0 Å². The molecule has 1 saturated heterocycles. The molecule has 1 aromatic heterocycles. The summed E-state index contributed by atoms with van der Waals surface area (Å²) in [5.41, 5.74) is 5.06. The normalized spacial score (nSPS) is 15.8. The van der Waals surface area contributed by atoms with E-state index in [1.807, 2.05) is 19.1 Å². The molecule has 2 aromatic carbocycles. The maximum atomic E-state index is 12.0. The van der Waals surface area contributed by atoms with Gasteiger partial charge in [-0.3, -0.25) is 9.80 Å². The van der Waals surface area contributed by atoms with Crippen molar-refractivity contribution < 1.29 is 4.42 Å². The lowest BCUT2D eigenvalue weighted by atomic mass is 10.1. The van der Waals surface area contributed by atoms with Crippen molar-refractivity contribution in [2.45, 2.75) is 20.0 Å². The monoisotopic (exact) mass is 374 g/mol. The molecule has 4 heteroatoms. The van der Waals surface area contributed by atoms with Crippen LogP contribution in [0.2, 0.25) is 0 Å². The van der Waals surface area contributed by atoms with Crippen molar-refractivity contribution >= 4 is 17.0 Å². The van der Waals surface area contributed by atoms with Crippen LogP contribution in [0.15, 0.2) is 64.3 Å². The zero-order chi connectivity index (χ0) is 19.5. The van der Waals surface area contributed by atoms with E-state index in [0.29, 0.717) is 5.58 Å². The molecule has 28 heavy (non-hydrogen) atoms. The highest BCUT2D eigenvalue weighted by atomic mass is 16.4. The molecule has 1 aliphatic rings. The Balaban J connectivity index is 1.40. The summed E-state index contributed by atoms with van der Waals surface area (Å²) < 4.78 is 5.38. The number of hydrogen-bond acceptors (Lipinski definition) is 4. The van der Waals surface area contributed by atoms with Crippen LogP contribution in [0.4, 0.5) is 0 Å². The van der Waals surface area contributed by atoms with Crippen molar-refractivity contribution in [2.75, 3.05) is 26.2 Å². The van der Waals surface area contributed by atoms with Gasteiger partial charge in [-0.1, -0.05) is 49.1 Å². The zero-order valence-electron chi connectivity index (χ0n) is 16.4. The summed E-state index contributed by atoms with van der Waals surface area (Å²) in [5.74, 6) is 0. The Hall–Kier alpha value is -2.69. The Morgan fingerprint density at radius 1 is 0.964 bits per heavy atom. The molecule has 1 fully saturated rings. The SMILES string of the molecule is C=Cc1ccc(CN2CCN(Cc3cc(=O)oc4cc(C)ccc34)CC2)cc1. The van der Waals surface area contributed by atoms with Crippen LogP contribution in [0.25, 0.3) is 17.0 Å². The van der Waals surface area contributed by atoms with Gasteiger partial charge in [0.2, 0.25) is 0 Å². The maximum absolute atomic E-state index is 12.0. The van der Waals surface area contributed by atoms with Crippen LogP contribution in [-0.2, 0) is 13.1 Å². The number of hydrogen-bond donors (Lipinski definition) is 0. The topological polar surface area (TPSA) is 36.7 Å². The van der Waals surface area contributed by atoms with Crippen LogP contribution < -0.4 is 5.63 Å². The summed E-state index contributed by atoms with van der Waals surface area (Å²) in [6.07, 6.45) is 1.87. The third-order valence-electron chi connectivity index (χ3n) is 5.47. The predicted molar refractivity (Wildman–Crippen MR) is 114 cm³/mol. The van der Waals surface area contributed by atoms with Crippen molar-refractivity contribution in [1.29, 1.82) is 0 Å². The smallest absolute Gasteiger partial charge is 0.336 e. The first-order chi connectivity index (χ1) is 13.6. The van der Waals surface area contributed by atoms with Gasteiger partial charge in [0.05, 0.1) is 0 Å². The highest BCUT2D eigenvalue weighted by molar-refractivity contribution is 5.80. The molecule has 0 spiro atoms. The van der Waals surface area contributed by atoms with E-state index in [9.17, 15) is 4.79 Å². The fourth-order valence-electron chi connectivity index (χ4n) is 3.83. The van der Waals surface area contributed by atoms with E-state index in [1.165, 1.54) is 5.56 Å². The number of benzene rings is 2. The number of aryl methyl sites for hydroxylation is 1. The lowest BCUT2D eigenvalue weighted by Crippen LogP contribution is -2.45. The third kappa shape index (κ3) is 4.24. The minimum Gasteiger partial charge on any atom is -0.423 e. The van der Waals surface area contributed by atoms with Gasteiger partial charge < -0.3 is 4.42 Å². The second-order valence-electron chi connectivity index (χ2n) is 7.59. The molecule has 1 aliphatic heterocycles. The van der Waals surface area contributed by atoms with Crippen LogP contribution in [0.1, 0.15) is 22.3 Å². The number of nitrogens with zero attached hydrogens (tertiary/aromatic N) is 2. The van der Waals surface area contributed by atoms with Gasteiger partial charge in [0.1, 0.15) is 5.58 Å². The molecular weight excluding hydrogens is 348 g/mol. The molecule has 0 radical (unpaired) electrons. The van der Waals surface area contributed by atoms with E-state index in [0.717, 1.165) is 61.3 Å². The summed E-state index contributed by atoms with van der Waals surface area (Å²) >= 11 is 0. The van der Waals surface area contributed by atoms with Crippen molar-refractivity contribution in [3.05, 3.63) is 87.8 Å². The van der Waals surface area contributed by atoms with Gasteiger partial charge in [-0.05, 0) is 35.2 Å². The van der Waals surface area contributed by atoms with Gasteiger partial charge in [-0.2, -0.15) is 0 Å².